The molecule has 0 aromatic rings. The molecule has 0 aromatic carbocycles. The van der Waals surface area contributed by atoms with E-state index < -0.39 is 6.16 Å². The predicted octanol–water partition coefficient (Wildman–Crippen LogP) is 0.932. The molecule has 0 radical (unpaired) electrons. The molecule has 1 aliphatic heterocycles. The van der Waals surface area contributed by atoms with Gasteiger partial charge in [-0.1, -0.05) is 0 Å². The van der Waals surface area contributed by atoms with Crippen LogP contribution in [-0.4, -0.2) is 18.9 Å². The van der Waals surface area contributed by atoms with Crippen LogP contribution >= 0.6 is 0 Å². The van der Waals surface area contributed by atoms with Crippen LogP contribution in [0.5, 0.6) is 0 Å². The van der Waals surface area contributed by atoms with Crippen molar-refractivity contribution in [3.8, 4) is 0 Å². The highest BCUT2D eigenvalue weighted by atomic mass is 16.7. The van der Waals surface area contributed by atoms with Crippen LogP contribution in [0.1, 0.15) is 13.3 Å². The van der Waals surface area contributed by atoms with Crippen molar-refractivity contribution in [2.45, 2.75) is 19.4 Å². The Morgan fingerprint density at radius 1 is 1.75 bits per heavy atom. The van der Waals surface area contributed by atoms with E-state index in [9.17, 15) is 4.79 Å². The zero-order valence-corrected chi connectivity index (χ0v) is 4.72. The molecule has 1 heterocycles. The maximum Gasteiger partial charge on any atom is 0.508 e. The smallest absolute Gasteiger partial charge is 0.434 e. The van der Waals surface area contributed by atoms with Crippen LogP contribution in [0.3, 0.4) is 0 Å². The number of cyclic esters (lactones) is 2. The maximum absolute atomic E-state index is 10.2. The highest BCUT2D eigenvalue weighted by Gasteiger charge is 2.16. The minimum absolute atomic E-state index is 0.0382. The monoisotopic (exact) mass is 116 g/mol. The van der Waals surface area contributed by atoms with Gasteiger partial charge < -0.3 is 9.47 Å². The van der Waals surface area contributed by atoms with Crippen molar-refractivity contribution in [3.05, 3.63) is 0 Å². The van der Waals surface area contributed by atoms with E-state index >= 15 is 0 Å². The fourth-order valence-corrected chi connectivity index (χ4v) is 0.565. The SMILES string of the molecule is C[C@@H]1CCOC(=O)O1. The van der Waals surface area contributed by atoms with Gasteiger partial charge in [-0.2, -0.15) is 0 Å². The van der Waals surface area contributed by atoms with Crippen LogP contribution in [-0.2, 0) is 9.47 Å². The summed E-state index contributed by atoms with van der Waals surface area (Å²) < 4.78 is 9.11. The number of carbonyl (C=O) groups is 1. The van der Waals surface area contributed by atoms with E-state index in [1.165, 1.54) is 0 Å². The van der Waals surface area contributed by atoms with Gasteiger partial charge in [-0.25, -0.2) is 4.79 Å². The second-order valence-corrected chi connectivity index (χ2v) is 1.82. The largest absolute Gasteiger partial charge is 0.508 e. The number of rotatable bonds is 0. The lowest BCUT2D eigenvalue weighted by Crippen LogP contribution is -2.24. The number of hydrogen-bond donors (Lipinski definition) is 0. The third kappa shape index (κ3) is 1.12. The second-order valence-electron chi connectivity index (χ2n) is 1.82. The second kappa shape index (κ2) is 2.03. The molecule has 1 aliphatic rings. The Morgan fingerprint density at radius 3 is 2.88 bits per heavy atom. The Hall–Kier alpha value is -0.730. The molecular weight excluding hydrogens is 108 g/mol. The maximum atomic E-state index is 10.2. The number of hydrogen-bond acceptors (Lipinski definition) is 3. The molecule has 1 atom stereocenters. The van der Waals surface area contributed by atoms with Crippen molar-refractivity contribution in [3.63, 3.8) is 0 Å². The lowest BCUT2D eigenvalue weighted by molar-refractivity contribution is -0.0154. The van der Waals surface area contributed by atoms with Crippen LogP contribution < -0.4 is 0 Å². The quantitative estimate of drug-likeness (QED) is 0.442. The third-order valence-electron chi connectivity index (χ3n) is 1.04. The van der Waals surface area contributed by atoms with Gasteiger partial charge >= 0.3 is 6.16 Å². The number of ether oxygens (including phenoxy) is 2. The van der Waals surface area contributed by atoms with Gasteiger partial charge in [0.25, 0.3) is 0 Å². The Bertz CT molecular complexity index is 99.8. The van der Waals surface area contributed by atoms with Gasteiger partial charge in [0.1, 0.15) is 6.10 Å². The zero-order valence-electron chi connectivity index (χ0n) is 4.72. The van der Waals surface area contributed by atoms with Gasteiger partial charge in [0, 0.05) is 6.42 Å². The van der Waals surface area contributed by atoms with Crippen molar-refractivity contribution in [1.29, 1.82) is 0 Å². The van der Waals surface area contributed by atoms with Gasteiger partial charge in [-0.15, -0.1) is 0 Å². The van der Waals surface area contributed by atoms with Crippen LogP contribution in [0.15, 0.2) is 0 Å². The Balaban J connectivity index is 2.34. The highest BCUT2D eigenvalue weighted by molar-refractivity contribution is 5.60. The summed E-state index contributed by atoms with van der Waals surface area (Å²) in [6.45, 7) is 2.35. The van der Waals surface area contributed by atoms with E-state index in [1.807, 2.05) is 6.92 Å². The van der Waals surface area contributed by atoms with Gasteiger partial charge in [0.05, 0.1) is 6.61 Å². The molecule has 0 aliphatic carbocycles. The molecule has 0 amide bonds. The topological polar surface area (TPSA) is 35.5 Å². The lowest BCUT2D eigenvalue weighted by atomic mass is 10.3. The Kier molecular flexibility index (Phi) is 1.37. The standard InChI is InChI=1S/C5H8O3/c1-4-2-3-7-5(6)8-4/h4H,2-3H2,1H3/t4-/m1/s1. The Morgan fingerprint density at radius 2 is 2.50 bits per heavy atom. The van der Waals surface area contributed by atoms with E-state index in [0.29, 0.717) is 6.61 Å². The molecule has 0 spiro atoms. The summed E-state index contributed by atoms with van der Waals surface area (Å²) in [6.07, 6.45) is 0.311. The first-order valence-corrected chi connectivity index (χ1v) is 2.62. The summed E-state index contributed by atoms with van der Waals surface area (Å²) in [5.41, 5.74) is 0. The predicted molar refractivity (Wildman–Crippen MR) is 26.5 cm³/mol. The average Bonchev–Trinajstić information content (AvgIpc) is 1.64. The van der Waals surface area contributed by atoms with Gasteiger partial charge in [0.2, 0.25) is 0 Å². The first kappa shape index (κ1) is 5.41. The van der Waals surface area contributed by atoms with E-state index in [1.54, 1.807) is 0 Å². The highest BCUT2D eigenvalue weighted by Crippen LogP contribution is 2.05. The van der Waals surface area contributed by atoms with Gasteiger partial charge in [-0.05, 0) is 6.92 Å². The molecule has 0 unspecified atom stereocenters. The molecule has 3 nitrogen and oxygen atoms in total. The molecule has 8 heavy (non-hydrogen) atoms. The molecular formula is C5H8O3. The number of carbonyl (C=O) groups excluding carboxylic acids is 1. The van der Waals surface area contributed by atoms with Crippen LogP contribution in [0.4, 0.5) is 4.79 Å². The summed E-state index contributed by atoms with van der Waals surface area (Å²) in [5.74, 6) is 0. The molecule has 1 rings (SSSR count). The van der Waals surface area contributed by atoms with E-state index in [-0.39, 0.29) is 6.10 Å². The van der Waals surface area contributed by atoms with Crippen molar-refractivity contribution >= 4 is 6.16 Å². The summed E-state index contributed by atoms with van der Waals surface area (Å²) in [6, 6.07) is 0. The first-order valence-electron chi connectivity index (χ1n) is 2.62. The van der Waals surface area contributed by atoms with E-state index in [2.05, 4.69) is 9.47 Å². The summed E-state index contributed by atoms with van der Waals surface area (Å²) in [7, 11) is 0. The zero-order chi connectivity index (χ0) is 5.98. The normalized spacial score (nSPS) is 28.6. The molecule has 0 saturated carbocycles. The summed E-state index contributed by atoms with van der Waals surface area (Å²) in [4.78, 5) is 10.2. The fourth-order valence-electron chi connectivity index (χ4n) is 0.565. The van der Waals surface area contributed by atoms with Crippen molar-refractivity contribution in [1.82, 2.24) is 0 Å². The van der Waals surface area contributed by atoms with Crippen molar-refractivity contribution in [2.75, 3.05) is 6.61 Å². The lowest BCUT2D eigenvalue weighted by Gasteiger charge is -2.17. The molecule has 3 heteroatoms. The minimum atomic E-state index is -0.538. The van der Waals surface area contributed by atoms with Crippen LogP contribution in [0.2, 0.25) is 0 Å². The van der Waals surface area contributed by atoms with Crippen LogP contribution in [0.25, 0.3) is 0 Å². The molecule has 0 N–H and O–H groups in total. The fraction of sp³-hybridized carbons (Fsp3) is 0.800. The van der Waals surface area contributed by atoms with Gasteiger partial charge in [0.15, 0.2) is 0 Å². The minimum Gasteiger partial charge on any atom is -0.434 e. The molecule has 0 bridgehead atoms. The third-order valence-corrected chi connectivity index (χ3v) is 1.04. The van der Waals surface area contributed by atoms with Crippen LogP contribution in [0, 0.1) is 0 Å². The first-order chi connectivity index (χ1) is 3.79. The molecule has 46 valence electrons. The average molecular weight is 116 g/mol. The van der Waals surface area contributed by atoms with Crippen molar-refractivity contribution < 1.29 is 14.3 Å². The Labute approximate surface area is 47.6 Å². The van der Waals surface area contributed by atoms with Gasteiger partial charge in [-0.3, -0.25) is 0 Å². The molecule has 1 fully saturated rings. The molecule has 0 aromatic heterocycles. The summed E-state index contributed by atoms with van der Waals surface area (Å²) >= 11 is 0. The van der Waals surface area contributed by atoms with Crippen molar-refractivity contribution in [2.24, 2.45) is 0 Å². The summed E-state index contributed by atoms with van der Waals surface area (Å²) in [5, 5.41) is 0. The van der Waals surface area contributed by atoms with E-state index in [4.69, 9.17) is 0 Å². The molecule has 1 saturated heterocycles. The van der Waals surface area contributed by atoms with E-state index in [0.717, 1.165) is 6.42 Å².